The molecule has 0 radical (unpaired) electrons. The van der Waals surface area contributed by atoms with Gasteiger partial charge in [-0.25, -0.2) is 9.13 Å². The fourth-order valence-corrected chi connectivity index (χ4v) is 14.8. The molecule has 5 atom stereocenters. The van der Waals surface area contributed by atoms with Gasteiger partial charge in [0, 0.05) is 25.7 Å². The number of phosphoric acid groups is 2. The van der Waals surface area contributed by atoms with Crippen LogP contribution in [0.15, 0.2) is 0 Å². The van der Waals surface area contributed by atoms with Gasteiger partial charge in [-0.15, -0.1) is 0 Å². The number of carbonyl (C=O) groups is 4. The normalized spacial score (nSPS) is 13.8. The van der Waals surface area contributed by atoms with E-state index in [1.54, 1.807) is 0 Å². The summed E-state index contributed by atoms with van der Waals surface area (Å²) in [5.74, 6) is -0.548. The van der Waals surface area contributed by atoms with Crippen molar-refractivity contribution in [3.8, 4) is 0 Å². The lowest BCUT2D eigenvalue weighted by Crippen LogP contribution is -2.30. The van der Waals surface area contributed by atoms with E-state index in [9.17, 15) is 43.2 Å². The van der Waals surface area contributed by atoms with Gasteiger partial charge in [-0.05, 0) is 37.5 Å². The maximum atomic E-state index is 13.1. The van der Waals surface area contributed by atoms with Crippen LogP contribution in [0.25, 0.3) is 0 Å². The number of rotatable bonds is 84. The molecule has 19 heteroatoms. The van der Waals surface area contributed by atoms with Gasteiger partial charge in [-0.1, -0.05) is 401 Å². The van der Waals surface area contributed by atoms with Crippen LogP contribution < -0.4 is 0 Å². The maximum absolute atomic E-state index is 13.1. The first-order valence-corrected chi connectivity index (χ1v) is 47.0. The molecule has 0 saturated carbocycles. The lowest BCUT2D eigenvalue weighted by Gasteiger charge is -2.21. The quantitative estimate of drug-likeness (QED) is 0.0222. The Bertz CT molecular complexity index is 1990. The average molecular weight is 1520 g/mol. The zero-order valence-corrected chi connectivity index (χ0v) is 70.1. The smallest absolute Gasteiger partial charge is 0.462 e. The van der Waals surface area contributed by atoms with Crippen molar-refractivity contribution in [2.24, 2.45) is 11.8 Å². The molecule has 104 heavy (non-hydrogen) atoms. The molecule has 0 aliphatic carbocycles. The second-order valence-corrected chi connectivity index (χ2v) is 34.4. The lowest BCUT2D eigenvalue weighted by molar-refractivity contribution is -0.161. The zero-order chi connectivity index (χ0) is 76.4. The van der Waals surface area contributed by atoms with Crippen LogP contribution in [0.4, 0.5) is 0 Å². The third kappa shape index (κ3) is 78.2. The first-order valence-electron chi connectivity index (χ1n) is 44.0. The molecule has 0 spiro atoms. The molecule has 0 aliphatic rings. The molecule has 0 amide bonds. The summed E-state index contributed by atoms with van der Waals surface area (Å²) in [5, 5.41) is 10.6. The molecule has 0 aromatic heterocycles. The molecule has 0 fully saturated rings. The molecule has 0 bridgehead atoms. The summed E-state index contributed by atoms with van der Waals surface area (Å²) in [7, 11) is -9.92. The first kappa shape index (κ1) is 102. The van der Waals surface area contributed by atoms with Crippen molar-refractivity contribution >= 4 is 39.5 Å². The van der Waals surface area contributed by atoms with E-state index in [1.165, 1.54) is 270 Å². The minimum absolute atomic E-state index is 0.106. The Labute approximate surface area is 638 Å². The van der Waals surface area contributed by atoms with Gasteiger partial charge in [0.25, 0.3) is 0 Å². The highest BCUT2D eigenvalue weighted by atomic mass is 31.2. The Balaban J connectivity index is 5.17. The van der Waals surface area contributed by atoms with Gasteiger partial charge < -0.3 is 33.8 Å². The summed E-state index contributed by atoms with van der Waals surface area (Å²) >= 11 is 0. The van der Waals surface area contributed by atoms with E-state index in [0.717, 1.165) is 102 Å². The van der Waals surface area contributed by atoms with Crippen LogP contribution in [0.3, 0.4) is 0 Å². The molecule has 0 heterocycles. The molecule has 17 nitrogen and oxygen atoms in total. The van der Waals surface area contributed by atoms with E-state index in [-0.39, 0.29) is 25.7 Å². The maximum Gasteiger partial charge on any atom is 0.472 e. The number of hydrogen-bond acceptors (Lipinski definition) is 15. The van der Waals surface area contributed by atoms with Gasteiger partial charge in [0.1, 0.15) is 19.3 Å². The first-order chi connectivity index (χ1) is 50.4. The molecule has 0 saturated heterocycles. The van der Waals surface area contributed by atoms with Crippen LogP contribution in [0, 0.1) is 11.8 Å². The van der Waals surface area contributed by atoms with E-state index < -0.39 is 97.5 Å². The summed E-state index contributed by atoms with van der Waals surface area (Å²) in [4.78, 5) is 73.1. The molecule has 0 rings (SSSR count). The lowest BCUT2D eigenvalue weighted by atomic mass is 10.0. The number of aliphatic hydroxyl groups excluding tert-OH is 1. The van der Waals surface area contributed by atoms with Gasteiger partial charge in [0.2, 0.25) is 0 Å². The van der Waals surface area contributed by atoms with Crippen molar-refractivity contribution in [2.45, 2.75) is 471 Å². The van der Waals surface area contributed by atoms with Gasteiger partial charge in [-0.3, -0.25) is 37.3 Å². The zero-order valence-electron chi connectivity index (χ0n) is 68.3. The van der Waals surface area contributed by atoms with E-state index >= 15 is 0 Å². The predicted molar refractivity (Wildman–Crippen MR) is 428 cm³/mol. The Hall–Kier alpha value is -1.94. The highest BCUT2D eigenvalue weighted by Crippen LogP contribution is 2.45. The Morgan fingerprint density at radius 2 is 0.442 bits per heavy atom. The molecule has 0 aromatic carbocycles. The van der Waals surface area contributed by atoms with Gasteiger partial charge in [-0.2, -0.15) is 0 Å². The second-order valence-electron chi connectivity index (χ2n) is 31.5. The summed E-state index contributed by atoms with van der Waals surface area (Å²) in [6.07, 6.45) is 68.3. The molecular weight excluding hydrogens is 1350 g/mol. The van der Waals surface area contributed by atoms with Crippen molar-refractivity contribution in [1.82, 2.24) is 0 Å². The summed E-state index contributed by atoms with van der Waals surface area (Å²) in [5.41, 5.74) is 0. The van der Waals surface area contributed by atoms with Crippen LogP contribution in [-0.4, -0.2) is 96.7 Å². The Morgan fingerprint density at radius 3 is 0.654 bits per heavy atom. The number of ether oxygens (including phenoxy) is 4. The molecule has 3 N–H and O–H groups in total. The molecular formula is C85H166O17P2. The van der Waals surface area contributed by atoms with E-state index in [1.807, 2.05) is 0 Å². The largest absolute Gasteiger partial charge is 0.472 e. The van der Waals surface area contributed by atoms with Crippen molar-refractivity contribution in [1.29, 1.82) is 0 Å². The van der Waals surface area contributed by atoms with Crippen LogP contribution in [-0.2, 0) is 65.4 Å². The van der Waals surface area contributed by atoms with E-state index in [0.29, 0.717) is 25.7 Å². The van der Waals surface area contributed by atoms with Crippen molar-refractivity contribution in [2.75, 3.05) is 39.6 Å². The summed E-state index contributed by atoms with van der Waals surface area (Å²) < 4.78 is 68.7. The minimum atomic E-state index is -4.96. The van der Waals surface area contributed by atoms with Crippen LogP contribution >= 0.6 is 15.6 Å². The minimum Gasteiger partial charge on any atom is -0.462 e. The highest BCUT2D eigenvalue weighted by Gasteiger charge is 2.30. The number of phosphoric ester groups is 2. The monoisotopic (exact) mass is 1520 g/mol. The topological polar surface area (TPSA) is 237 Å². The summed E-state index contributed by atoms with van der Waals surface area (Å²) in [6, 6.07) is 0. The molecule has 618 valence electrons. The van der Waals surface area contributed by atoms with E-state index in [4.69, 9.17) is 37.0 Å². The third-order valence-corrected chi connectivity index (χ3v) is 21.9. The average Bonchev–Trinajstić information content (AvgIpc) is 0.903. The fraction of sp³-hybridized carbons (Fsp3) is 0.953. The Kier molecular flexibility index (Phi) is 75.0. The Morgan fingerprint density at radius 1 is 0.260 bits per heavy atom. The third-order valence-electron chi connectivity index (χ3n) is 20.0. The van der Waals surface area contributed by atoms with E-state index in [2.05, 4.69) is 41.5 Å². The highest BCUT2D eigenvalue weighted by molar-refractivity contribution is 7.47. The second kappa shape index (κ2) is 76.4. The number of carbonyl (C=O) groups excluding carboxylic acids is 4. The molecule has 2 unspecified atom stereocenters. The van der Waals surface area contributed by atoms with Crippen LogP contribution in [0.2, 0.25) is 0 Å². The van der Waals surface area contributed by atoms with Crippen molar-refractivity contribution in [3.63, 3.8) is 0 Å². The predicted octanol–water partition coefficient (Wildman–Crippen LogP) is 25.8. The summed E-state index contributed by atoms with van der Waals surface area (Å²) in [6.45, 7) is 9.65. The number of aliphatic hydroxyl groups is 1. The van der Waals surface area contributed by atoms with Crippen molar-refractivity contribution < 1.29 is 80.2 Å². The standard InChI is InChI=1S/C85H166O17P2/c1-7-9-11-13-15-17-18-19-20-21-22-23-24-25-30-33-36-39-45-51-57-63-69-84(89)101-81(74-96-83(88)68-62-56-50-44-38-35-32-29-27-26-28-31-34-37-42-47-53-59-65-77(3)4)76-100-104(93,94)98-72-79(86)71-97-103(91,92)99-75-80(73-95-82(87)67-61-55-49-41-16-14-12-10-8-2)102-85(90)70-64-58-52-46-40-43-48-54-60-66-78(5)6/h77-81,86H,7-76H2,1-6H3,(H,91,92)(H,93,94)/t79-,80+,81+/m0/s1. The van der Waals surface area contributed by atoms with Gasteiger partial charge in [0.05, 0.1) is 26.4 Å². The fourth-order valence-electron chi connectivity index (χ4n) is 13.2. The number of hydrogen-bond donors (Lipinski definition) is 3. The van der Waals surface area contributed by atoms with Crippen LogP contribution in [0.5, 0.6) is 0 Å². The molecule has 0 aromatic rings. The number of unbranched alkanes of at least 4 members (excludes halogenated alkanes) is 54. The number of esters is 4. The SMILES string of the molecule is CCCCCCCCCCCCCCCCCCCCCCCCC(=O)O[C@H](COC(=O)CCCCCCCCCCCCCCCCCCCCC(C)C)COP(=O)(O)OC[C@@H](O)COP(=O)(O)OC[C@@H](COC(=O)CCCCCCCCCCC)OC(=O)CCCCCCCCCCCC(C)C. The van der Waals surface area contributed by atoms with Gasteiger partial charge in [0.15, 0.2) is 12.2 Å². The van der Waals surface area contributed by atoms with Crippen LogP contribution in [0.1, 0.15) is 452 Å². The molecule has 0 aliphatic heterocycles. The van der Waals surface area contributed by atoms with Crippen molar-refractivity contribution in [3.05, 3.63) is 0 Å². The van der Waals surface area contributed by atoms with Gasteiger partial charge >= 0.3 is 39.5 Å².